The summed E-state index contributed by atoms with van der Waals surface area (Å²) in [4.78, 5) is 0.641. The van der Waals surface area contributed by atoms with E-state index >= 15 is 0 Å². The smallest absolute Gasteiger partial charge is 0.144 e. The predicted octanol–water partition coefficient (Wildman–Crippen LogP) is 7.21. The minimum atomic E-state index is 0.641. The number of aromatic nitrogens is 3. The summed E-state index contributed by atoms with van der Waals surface area (Å²) < 4.78 is 5.29. The Kier molecular flexibility index (Phi) is 5.87. The van der Waals surface area contributed by atoms with Crippen LogP contribution in [0.4, 0.5) is 5.69 Å². The molecule has 0 aliphatic heterocycles. The van der Waals surface area contributed by atoms with Gasteiger partial charge in [0.1, 0.15) is 22.2 Å². The van der Waals surface area contributed by atoms with Gasteiger partial charge in [-0.2, -0.15) is 5.10 Å². The average molecular weight is 515 g/mol. The van der Waals surface area contributed by atoms with Gasteiger partial charge >= 0.3 is 0 Å². The number of nitrogens with zero attached hydrogens (tertiary/aromatic N) is 3. The molecule has 0 unspecified atom stereocenters. The molecule has 0 amide bonds. The van der Waals surface area contributed by atoms with Crippen LogP contribution in [0.15, 0.2) is 89.4 Å². The Labute approximate surface area is 207 Å². The number of rotatable bonds is 5. The molecule has 0 aliphatic carbocycles. The zero-order chi connectivity index (χ0) is 22.9. The van der Waals surface area contributed by atoms with E-state index in [1.54, 1.807) is 0 Å². The molecule has 6 heteroatoms. The highest BCUT2D eigenvalue weighted by atomic mass is 79.9. The molecule has 0 aliphatic rings. The van der Waals surface area contributed by atoms with Crippen LogP contribution in [0.5, 0.6) is 0 Å². The maximum Gasteiger partial charge on any atom is 0.144 e. The monoisotopic (exact) mass is 514 g/mol. The molecule has 3 aromatic carbocycles. The first-order valence-corrected chi connectivity index (χ1v) is 12.1. The Hall–Kier alpha value is -3.22. The first-order chi connectivity index (χ1) is 16.1. The van der Waals surface area contributed by atoms with Gasteiger partial charge in [0, 0.05) is 33.4 Å². The molecule has 5 aromatic rings. The van der Waals surface area contributed by atoms with E-state index in [2.05, 4.69) is 88.2 Å². The molecule has 0 fully saturated rings. The maximum atomic E-state index is 5.97. The number of benzene rings is 3. The summed E-state index contributed by atoms with van der Waals surface area (Å²) in [5.74, 6) is 0.991. The van der Waals surface area contributed by atoms with Crippen molar-refractivity contribution >= 4 is 44.5 Å². The van der Waals surface area contributed by atoms with Crippen LogP contribution in [0.25, 0.3) is 22.5 Å². The van der Waals surface area contributed by atoms with Crippen molar-refractivity contribution in [3.05, 3.63) is 106 Å². The fourth-order valence-corrected chi connectivity index (χ4v) is 4.84. The van der Waals surface area contributed by atoms with E-state index in [0.717, 1.165) is 56.1 Å². The summed E-state index contributed by atoms with van der Waals surface area (Å²) in [5, 5.41) is 8.46. The van der Waals surface area contributed by atoms with Gasteiger partial charge in [0.2, 0.25) is 0 Å². The molecule has 0 radical (unpaired) electrons. The van der Waals surface area contributed by atoms with Crippen LogP contribution in [0, 0.1) is 6.92 Å². The average Bonchev–Trinajstić information content (AvgIpc) is 3.35. The number of para-hydroxylation sites is 2. The summed E-state index contributed by atoms with van der Waals surface area (Å²) in [6.07, 6.45) is 0.807. The Morgan fingerprint density at radius 3 is 2.21 bits per heavy atom. The van der Waals surface area contributed by atoms with Gasteiger partial charge in [-0.3, -0.25) is 4.57 Å². The number of halogens is 1. The molecule has 0 spiro atoms. The molecule has 2 heterocycles. The lowest BCUT2D eigenvalue weighted by molar-refractivity contribution is 0.858. The van der Waals surface area contributed by atoms with E-state index in [-0.39, 0.29) is 0 Å². The minimum absolute atomic E-state index is 0.641. The van der Waals surface area contributed by atoms with Gasteiger partial charge < -0.3 is 5.32 Å². The largest absolute Gasteiger partial charge is 0.345 e. The Morgan fingerprint density at radius 1 is 0.939 bits per heavy atom. The molecule has 0 atom stereocenters. The van der Waals surface area contributed by atoms with Gasteiger partial charge in [-0.05, 0) is 48.9 Å². The van der Waals surface area contributed by atoms with Crippen LogP contribution in [0.1, 0.15) is 24.0 Å². The number of aryl methyl sites for hydroxylation is 2. The number of nitrogens with one attached hydrogen (secondary N) is 1. The van der Waals surface area contributed by atoms with E-state index < -0.39 is 0 Å². The SMILES string of the molecule is CCc1nn2c(C(=S)Nc3ccccc3)c(-c3ccc(Br)cc3)c(C)c2n1-c1ccccc1. The molecule has 0 saturated carbocycles. The molecule has 4 nitrogen and oxygen atoms in total. The van der Waals surface area contributed by atoms with E-state index in [9.17, 15) is 0 Å². The van der Waals surface area contributed by atoms with Gasteiger partial charge in [-0.25, -0.2) is 4.52 Å². The molecule has 2 aromatic heterocycles. The Bertz CT molecular complexity index is 1440. The number of thiocarbonyl (C=S) groups is 1. The van der Waals surface area contributed by atoms with Crippen molar-refractivity contribution in [2.45, 2.75) is 20.3 Å². The standard InChI is InChI=1S/C27H23BrN4S/c1-3-23-30-32-25(26(33)29-21-10-6-4-7-11-21)24(19-14-16-20(28)17-15-19)18(2)27(32)31(23)22-12-8-5-9-13-22/h4-17H,3H2,1-2H3,(H,29,33). The normalized spacial score (nSPS) is 11.1. The summed E-state index contributed by atoms with van der Waals surface area (Å²) in [5.41, 5.74) is 7.30. The molecule has 0 bridgehead atoms. The van der Waals surface area contributed by atoms with E-state index in [1.807, 2.05) is 40.9 Å². The number of anilines is 1. The second kappa shape index (κ2) is 8.96. The van der Waals surface area contributed by atoms with Crippen LogP contribution >= 0.6 is 28.1 Å². The first kappa shape index (κ1) is 21.6. The van der Waals surface area contributed by atoms with Crippen LogP contribution in [-0.2, 0) is 6.42 Å². The zero-order valence-electron chi connectivity index (χ0n) is 18.4. The summed E-state index contributed by atoms with van der Waals surface area (Å²) in [7, 11) is 0. The van der Waals surface area contributed by atoms with Crippen molar-refractivity contribution in [3.8, 4) is 16.8 Å². The van der Waals surface area contributed by atoms with Crippen LogP contribution in [0.2, 0.25) is 0 Å². The third kappa shape index (κ3) is 3.90. The number of fused-ring (bicyclic) bond motifs is 1. The van der Waals surface area contributed by atoms with E-state index in [1.165, 1.54) is 0 Å². The van der Waals surface area contributed by atoms with Gasteiger partial charge in [0.05, 0.1) is 0 Å². The topological polar surface area (TPSA) is 34.3 Å². The lowest BCUT2D eigenvalue weighted by Gasteiger charge is -2.11. The lowest BCUT2D eigenvalue weighted by atomic mass is 10.0. The molecule has 5 rings (SSSR count). The highest BCUT2D eigenvalue weighted by Gasteiger charge is 2.26. The molecular weight excluding hydrogens is 492 g/mol. The van der Waals surface area contributed by atoms with Crippen molar-refractivity contribution in [3.63, 3.8) is 0 Å². The summed E-state index contributed by atoms with van der Waals surface area (Å²) in [6, 6.07) is 28.8. The van der Waals surface area contributed by atoms with Crippen molar-refractivity contribution in [2.75, 3.05) is 5.32 Å². The second-order valence-corrected chi connectivity index (χ2v) is 9.18. The van der Waals surface area contributed by atoms with E-state index in [0.29, 0.717) is 4.99 Å². The quantitative estimate of drug-likeness (QED) is 0.251. The van der Waals surface area contributed by atoms with Crippen LogP contribution in [0.3, 0.4) is 0 Å². The van der Waals surface area contributed by atoms with Crippen molar-refractivity contribution < 1.29 is 0 Å². The Morgan fingerprint density at radius 2 is 1.58 bits per heavy atom. The fraction of sp³-hybridized carbons (Fsp3) is 0.111. The van der Waals surface area contributed by atoms with Crippen molar-refractivity contribution in [1.82, 2.24) is 14.2 Å². The second-order valence-electron chi connectivity index (χ2n) is 7.85. The van der Waals surface area contributed by atoms with Crippen molar-refractivity contribution in [1.29, 1.82) is 0 Å². The first-order valence-electron chi connectivity index (χ1n) is 10.9. The molecule has 164 valence electrons. The van der Waals surface area contributed by atoms with Gasteiger partial charge in [0.15, 0.2) is 0 Å². The third-order valence-electron chi connectivity index (χ3n) is 5.76. The highest BCUT2D eigenvalue weighted by molar-refractivity contribution is 9.10. The van der Waals surface area contributed by atoms with Gasteiger partial charge in [-0.1, -0.05) is 83.6 Å². The fourth-order valence-electron chi connectivity index (χ4n) is 4.27. The molecule has 1 N–H and O–H groups in total. The third-order valence-corrected chi connectivity index (χ3v) is 6.58. The summed E-state index contributed by atoms with van der Waals surface area (Å²) in [6.45, 7) is 4.29. The maximum absolute atomic E-state index is 5.97. The van der Waals surface area contributed by atoms with Crippen LogP contribution in [-0.4, -0.2) is 19.2 Å². The molecule has 0 saturated heterocycles. The highest BCUT2D eigenvalue weighted by Crippen LogP contribution is 2.36. The number of hydrogen-bond acceptors (Lipinski definition) is 2. The van der Waals surface area contributed by atoms with Gasteiger partial charge in [-0.15, -0.1) is 0 Å². The van der Waals surface area contributed by atoms with Crippen LogP contribution < -0.4 is 5.32 Å². The molecular formula is C27H23BrN4S. The molecule has 33 heavy (non-hydrogen) atoms. The Balaban J connectivity index is 1.79. The lowest BCUT2D eigenvalue weighted by Crippen LogP contribution is -2.14. The number of hydrogen-bond donors (Lipinski definition) is 1. The minimum Gasteiger partial charge on any atom is -0.345 e. The predicted molar refractivity (Wildman–Crippen MR) is 144 cm³/mol. The van der Waals surface area contributed by atoms with E-state index in [4.69, 9.17) is 17.3 Å². The van der Waals surface area contributed by atoms with Gasteiger partial charge in [0.25, 0.3) is 0 Å². The van der Waals surface area contributed by atoms with Crippen molar-refractivity contribution in [2.24, 2.45) is 0 Å². The summed E-state index contributed by atoms with van der Waals surface area (Å²) >= 11 is 9.53. The zero-order valence-corrected chi connectivity index (χ0v) is 20.8.